The van der Waals surface area contributed by atoms with Gasteiger partial charge in [0.2, 0.25) is 5.91 Å². The third kappa shape index (κ3) is 2.35. The summed E-state index contributed by atoms with van der Waals surface area (Å²) >= 11 is 0. The van der Waals surface area contributed by atoms with Crippen LogP contribution in [-0.2, 0) is 4.79 Å². The van der Waals surface area contributed by atoms with Gasteiger partial charge in [0, 0.05) is 29.7 Å². The van der Waals surface area contributed by atoms with Crippen molar-refractivity contribution in [1.82, 2.24) is 9.55 Å². The van der Waals surface area contributed by atoms with Gasteiger partial charge in [0.15, 0.2) is 0 Å². The van der Waals surface area contributed by atoms with E-state index in [0.29, 0.717) is 5.92 Å². The van der Waals surface area contributed by atoms with E-state index in [2.05, 4.69) is 10.3 Å². The molecular weight excluding hydrogens is 262 g/mol. The van der Waals surface area contributed by atoms with E-state index in [1.54, 1.807) is 12.5 Å². The number of carbonyl (C=O) groups is 1. The highest BCUT2D eigenvalue weighted by atomic mass is 16.1. The SMILES string of the molecule is O=C(Nc1ccc(-n2ccnc2)cc1)C1CC2CCC1C2. The first kappa shape index (κ1) is 12.6. The van der Waals surface area contributed by atoms with E-state index in [1.165, 1.54) is 19.3 Å². The van der Waals surface area contributed by atoms with E-state index in [9.17, 15) is 4.79 Å². The molecule has 4 nitrogen and oxygen atoms in total. The Kier molecular flexibility index (Phi) is 3.02. The molecule has 2 fully saturated rings. The van der Waals surface area contributed by atoms with Crippen molar-refractivity contribution < 1.29 is 4.79 Å². The van der Waals surface area contributed by atoms with Gasteiger partial charge in [-0.3, -0.25) is 4.79 Å². The van der Waals surface area contributed by atoms with Gasteiger partial charge in [-0.15, -0.1) is 0 Å². The van der Waals surface area contributed by atoms with Crippen molar-refractivity contribution in [3.63, 3.8) is 0 Å². The lowest BCUT2D eigenvalue weighted by atomic mass is 9.88. The van der Waals surface area contributed by atoms with Gasteiger partial charge < -0.3 is 9.88 Å². The summed E-state index contributed by atoms with van der Waals surface area (Å²) in [6, 6.07) is 7.91. The maximum atomic E-state index is 12.4. The molecule has 21 heavy (non-hydrogen) atoms. The number of aromatic nitrogens is 2. The lowest BCUT2D eigenvalue weighted by Crippen LogP contribution is -2.27. The lowest BCUT2D eigenvalue weighted by molar-refractivity contribution is -0.121. The van der Waals surface area contributed by atoms with Crippen molar-refractivity contribution in [2.24, 2.45) is 17.8 Å². The van der Waals surface area contributed by atoms with Crippen LogP contribution < -0.4 is 5.32 Å². The zero-order valence-electron chi connectivity index (χ0n) is 11.9. The van der Waals surface area contributed by atoms with Crippen LogP contribution in [0.5, 0.6) is 0 Å². The smallest absolute Gasteiger partial charge is 0.227 e. The van der Waals surface area contributed by atoms with Crippen LogP contribution in [-0.4, -0.2) is 15.5 Å². The van der Waals surface area contributed by atoms with E-state index in [-0.39, 0.29) is 11.8 Å². The van der Waals surface area contributed by atoms with Gasteiger partial charge >= 0.3 is 0 Å². The number of rotatable bonds is 3. The van der Waals surface area contributed by atoms with Gasteiger partial charge in [0.05, 0.1) is 6.33 Å². The minimum Gasteiger partial charge on any atom is -0.326 e. The molecule has 0 aliphatic heterocycles. The quantitative estimate of drug-likeness (QED) is 0.938. The Balaban J connectivity index is 1.44. The molecule has 0 saturated heterocycles. The van der Waals surface area contributed by atoms with E-state index in [0.717, 1.165) is 23.7 Å². The number of imidazole rings is 1. The van der Waals surface area contributed by atoms with Crippen LogP contribution in [0.2, 0.25) is 0 Å². The summed E-state index contributed by atoms with van der Waals surface area (Å²) in [6.07, 6.45) is 10.3. The summed E-state index contributed by atoms with van der Waals surface area (Å²) < 4.78 is 1.95. The standard InChI is InChI=1S/C17H19N3O/c21-17(16-10-12-1-2-13(16)9-12)19-14-3-5-15(6-4-14)20-8-7-18-11-20/h3-8,11-13,16H,1-2,9-10H2,(H,19,21). The van der Waals surface area contributed by atoms with Crippen LogP contribution in [0.1, 0.15) is 25.7 Å². The van der Waals surface area contributed by atoms with Crippen LogP contribution in [0.25, 0.3) is 5.69 Å². The molecule has 0 radical (unpaired) electrons. The second kappa shape index (κ2) is 5.02. The largest absolute Gasteiger partial charge is 0.326 e. The molecule has 1 amide bonds. The molecule has 2 aliphatic rings. The van der Waals surface area contributed by atoms with E-state index in [4.69, 9.17) is 0 Å². The molecule has 1 N–H and O–H groups in total. The fraction of sp³-hybridized carbons (Fsp3) is 0.412. The summed E-state index contributed by atoms with van der Waals surface area (Å²) in [5, 5.41) is 3.08. The predicted molar refractivity (Wildman–Crippen MR) is 81.1 cm³/mol. The first-order chi connectivity index (χ1) is 10.3. The zero-order valence-corrected chi connectivity index (χ0v) is 11.9. The Hall–Kier alpha value is -2.10. The van der Waals surface area contributed by atoms with Crippen molar-refractivity contribution in [2.45, 2.75) is 25.7 Å². The number of hydrogen-bond donors (Lipinski definition) is 1. The van der Waals surface area contributed by atoms with Crippen molar-refractivity contribution >= 4 is 11.6 Å². The molecule has 1 aromatic carbocycles. The third-order valence-electron chi connectivity index (χ3n) is 5.01. The molecule has 0 spiro atoms. The summed E-state index contributed by atoms with van der Waals surface area (Å²) in [6.45, 7) is 0. The summed E-state index contributed by atoms with van der Waals surface area (Å²) in [5.74, 6) is 1.87. The van der Waals surface area contributed by atoms with Gasteiger partial charge in [0.25, 0.3) is 0 Å². The molecule has 2 aliphatic carbocycles. The molecule has 3 unspecified atom stereocenters. The van der Waals surface area contributed by atoms with Gasteiger partial charge in [-0.25, -0.2) is 4.98 Å². The van der Waals surface area contributed by atoms with Gasteiger partial charge in [0.1, 0.15) is 0 Å². The molecule has 1 heterocycles. The Morgan fingerprint density at radius 3 is 2.67 bits per heavy atom. The zero-order chi connectivity index (χ0) is 14.2. The Labute approximate surface area is 124 Å². The van der Waals surface area contributed by atoms with Gasteiger partial charge in [-0.2, -0.15) is 0 Å². The van der Waals surface area contributed by atoms with Crippen molar-refractivity contribution in [3.05, 3.63) is 43.0 Å². The highest BCUT2D eigenvalue weighted by molar-refractivity contribution is 5.93. The van der Waals surface area contributed by atoms with E-state index < -0.39 is 0 Å². The molecule has 3 atom stereocenters. The highest BCUT2D eigenvalue weighted by Gasteiger charge is 2.42. The average molecular weight is 281 g/mol. The second-order valence-electron chi connectivity index (χ2n) is 6.29. The number of hydrogen-bond acceptors (Lipinski definition) is 2. The number of nitrogens with zero attached hydrogens (tertiary/aromatic N) is 2. The second-order valence-corrected chi connectivity index (χ2v) is 6.29. The fourth-order valence-electron chi connectivity index (χ4n) is 3.93. The van der Waals surface area contributed by atoms with E-state index >= 15 is 0 Å². The molecular formula is C17H19N3O. The van der Waals surface area contributed by atoms with Crippen LogP contribution in [0.15, 0.2) is 43.0 Å². The fourth-order valence-corrected chi connectivity index (χ4v) is 3.93. The number of fused-ring (bicyclic) bond motifs is 2. The molecule has 108 valence electrons. The maximum Gasteiger partial charge on any atom is 0.227 e. The summed E-state index contributed by atoms with van der Waals surface area (Å²) in [7, 11) is 0. The molecule has 2 bridgehead atoms. The average Bonchev–Trinajstić information content (AvgIpc) is 3.25. The molecule has 4 rings (SSSR count). The van der Waals surface area contributed by atoms with Crippen LogP contribution in [0, 0.1) is 17.8 Å². The number of amides is 1. The minimum atomic E-state index is 0.206. The first-order valence-corrected chi connectivity index (χ1v) is 7.69. The van der Waals surface area contributed by atoms with Crippen LogP contribution in [0.3, 0.4) is 0 Å². The predicted octanol–water partition coefficient (Wildman–Crippen LogP) is 3.25. The summed E-state index contributed by atoms with van der Waals surface area (Å²) in [5.41, 5.74) is 1.93. The lowest BCUT2D eigenvalue weighted by Gasteiger charge is -2.20. The number of nitrogens with one attached hydrogen (secondary N) is 1. The Bertz CT molecular complexity index is 633. The molecule has 4 heteroatoms. The van der Waals surface area contributed by atoms with E-state index in [1.807, 2.05) is 35.0 Å². The van der Waals surface area contributed by atoms with Crippen molar-refractivity contribution in [2.75, 3.05) is 5.32 Å². The molecule has 2 aromatic rings. The minimum absolute atomic E-state index is 0.206. The first-order valence-electron chi connectivity index (χ1n) is 7.69. The summed E-state index contributed by atoms with van der Waals surface area (Å²) in [4.78, 5) is 16.4. The Morgan fingerprint density at radius 1 is 1.19 bits per heavy atom. The molecule has 1 aromatic heterocycles. The number of anilines is 1. The highest BCUT2D eigenvalue weighted by Crippen LogP contribution is 2.48. The third-order valence-corrected chi connectivity index (χ3v) is 5.01. The van der Waals surface area contributed by atoms with Crippen molar-refractivity contribution in [3.8, 4) is 5.69 Å². The monoisotopic (exact) mass is 281 g/mol. The maximum absolute atomic E-state index is 12.4. The topological polar surface area (TPSA) is 46.9 Å². The number of carbonyl (C=O) groups excluding carboxylic acids is 1. The van der Waals surface area contributed by atoms with Gasteiger partial charge in [-0.1, -0.05) is 6.42 Å². The van der Waals surface area contributed by atoms with Gasteiger partial charge in [-0.05, 0) is 55.4 Å². The van der Waals surface area contributed by atoms with Crippen molar-refractivity contribution in [1.29, 1.82) is 0 Å². The van der Waals surface area contributed by atoms with Crippen LogP contribution >= 0.6 is 0 Å². The Morgan fingerprint density at radius 2 is 2.05 bits per heavy atom. The van der Waals surface area contributed by atoms with Crippen LogP contribution in [0.4, 0.5) is 5.69 Å². The number of benzene rings is 1. The molecule has 2 saturated carbocycles. The normalized spacial score (nSPS) is 27.0.